The quantitative estimate of drug-likeness (QED) is 0.163. The molecule has 1 aliphatic rings. The highest BCUT2D eigenvalue weighted by atomic mass is 15.1. The van der Waals surface area contributed by atoms with Crippen LogP contribution in [0.4, 0.5) is 17.1 Å². The van der Waals surface area contributed by atoms with Crippen LogP contribution in [-0.2, 0) is 5.41 Å². The summed E-state index contributed by atoms with van der Waals surface area (Å²) >= 11 is 0. The SMILES string of the molecule is CC1(C)c2ccccc2-c2ccc(-c3cc4ccccc4nc3-c3ccc(N(c4ccc(-c5ccccc5)cc4)c4ccc(-c5ccccc5)cc4)cc3)cc21. The Kier molecular flexibility index (Phi) is 8.19. The number of aromatic nitrogens is 1. The lowest BCUT2D eigenvalue weighted by Crippen LogP contribution is -2.14. The van der Waals surface area contributed by atoms with Crippen LogP contribution < -0.4 is 4.90 Å². The molecule has 56 heavy (non-hydrogen) atoms. The van der Waals surface area contributed by atoms with Gasteiger partial charge in [-0.1, -0.05) is 166 Å². The van der Waals surface area contributed by atoms with Crippen molar-refractivity contribution in [1.82, 2.24) is 4.98 Å². The summed E-state index contributed by atoms with van der Waals surface area (Å²) < 4.78 is 0. The molecule has 0 unspecified atom stereocenters. The summed E-state index contributed by atoms with van der Waals surface area (Å²) in [7, 11) is 0. The van der Waals surface area contributed by atoms with Crippen LogP contribution in [0.2, 0.25) is 0 Å². The van der Waals surface area contributed by atoms with Gasteiger partial charge in [0, 0.05) is 39.0 Å². The summed E-state index contributed by atoms with van der Waals surface area (Å²) in [5, 5.41) is 1.13. The number of rotatable bonds is 7. The van der Waals surface area contributed by atoms with E-state index in [-0.39, 0.29) is 5.41 Å². The molecule has 10 rings (SSSR count). The third-order valence-corrected chi connectivity index (χ3v) is 11.5. The van der Waals surface area contributed by atoms with Gasteiger partial charge in [-0.25, -0.2) is 4.98 Å². The van der Waals surface area contributed by atoms with Gasteiger partial charge in [0.15, 0.2) is 0 Å². The van der Waals surface area contributed by atoms with E-state index in [1.165, 1.54) is 50.1 Å². The van der Waals surface area contributed by atoms with E-state index in [0.717, 1.165) is 44.8 Å². The lowest BCUT2D eigenvalue weighted by molar-refractivity contribution is 0.660. The number of para-hydroxylation sites is 1. The normalized spacial score (nSPS) is 12.6. The first kappa shape index (κ1) is 33.5. The number of fused-ring (bicyclic) bond motifs is 4. The molecule has 2 heteroatoms. The Morgan fingerprint density at radius 3 is 1.43 bits per heavy atom. The molecule has 1 heterocycles. The lowest BCUT2D eigenvalue weighted by Gasteiger charge is -2.26. The molecule has 2 nitrogen and oxygen atoms in total. The van der Waals surface area contributed by atoms with Crippen molar-refractivity contribution in [3.8, 4) is 55.8 Å². The number of hydrogen-bond donors (Lipinski definition) is 0. The summed E-state index contributed by atoms with van der Waals surface area (Å²) in [6, 6.07) is 74.3. The van der Waals surface area contributed by atoms with Crippen molar-refractivity contribution < 1.29 is 0 Å². The molecular weight excluding hydrogens is 677 g/mol. The molecule has 0 bridgehead atoms. The van der Waals surface area contributed by atoms with E-state index in [4.69, 9.17) is 4.98 Å². The van der Waals surface area contributed by atoms with Crippen LogP contribution in [0.25, 0.3) is 66.7 Å². The van der Waals surface area contributed by atoms with E-state index in [9.17, 15) is 0 Å². The molecule has 0 saturated carbocycles. The minimum Gasteiger partial charge on any atom is -0.311 e. The summed E-state index contributed by atoms with van der Waals surface area (Å²) in [6.45, 7) is 4.69. The van der Waals surface area contributed by atoms with Crippen molar-refractivity contribution in [2.24, 2.45) is 0 Å². The molecular formula is C54H40N2. The Balaban J connectivity index is 1.07. The molecule has 266 valence electrons. The van der Waals surface area contributed by atoms with Gasteiger partial charge in [-0.3, -0.25) is 0 Å². The minimum atomic E-state index is -0.0872. The Morgan fingerprint density at radius 1 is 0.357 bits per heavy atom. The molecule has 1 aromatic heterocycles. The van der Waals surface area contributed by atoms with E-state index in [1.54, 1.807) is 0 Å². The zero-order valence-electron chi connectivity index (χ0n) is 31.5. The molecule has 1 aliphatic carbocycles. The predicted molar refractivity (Wildman–Crippen MR) is 236 cm³/mol. The molecule has 0 fully saturated rings. The van der Waals surface area contributed by atoms with Gasteiger partial charge in [-0.2, -0.15) is 0 Å². The zero-order valence-corrected chi connectivity index (χ0v) is 31.5. The largest absolute Gasteiger partial charge is 0.311 e. The van der Waals surface area contributed by atoms with Crippen LogP contribution in [-0.4, -0.2) is 4.98 Å². The number of hydrogen-bond acceptors (Lipinski definition) is 2. The number of pyridine rings is 1. The minimum absolute atomic E-state index is 0.0872. The molecule has 9 aromatic rings. The Labute approximate surface area is 329 Å². The third kappa shape index (κ3) is 5.88. The topological polar surface area (TPSA) is 16.1 Å². The van der Waals surface area contributed by atoms with E-state index in [2.05, 4.69) is 225 Å². The first-order valence-corrected chi connectivity index (χ1v) is 19.4. The first-order chi connectivity index (χ1) is 27.5. The van der Waals surface area contributed by atoms with Crippen molar-refractivity contribution in [3.05, 3.63) is 217 Å². The van der Waals surface area contributed by atoms with Crippen molar-refractivity contribution in [3.63, 3.8) is 0 Å². The Hall–Kier alpha value is -7.03. The maximum absolute atomic E-state index is 5.35. The molecule has 0 aliphatic heterocycles. The standard InChI is InChI=1S/C54H40N2/c1-54(2)50-19-11-10-18-47(50)48-34-27-42(36-51(48)54)49-35-43-17-9-12-20-52(43)55-53(49)41-25-32-46(33-26-41)56(44-28-21-39(22-29-44)37-13-5-3-6-14-37)45-30-23-40(24-31-45)38-15-7-4-8-16-38/h3-36H,1-2H3. The van der Waals surface area contributed by atoms with E-state index >= 15 is 0 Å². The van der Waals surface area contributed by atoms with Crippen molar-refractivity contribution in [2.45, 2.75) is 19.3 Å². The van der Waals surface area contributed by atoms with Gasteiger partial charge in [0.25, 0.3) is 0 Å². The van der Waals surface area contributed by atoms with Gasteiger partial charge in [0.05, 0.1) is 11.2 Å². The summed E-state index contributed by atoms with van der Waals surface area (Å²) in [6.07, 6.45) is 0. The number of anilines is 3. The van der Waals surface area contributed by atoms with Crippen molar-refractivity contribution in [1.29, 1.82) is 0 Å². The van der Waals surface area contributed by atoms with Gasteiger partial charge < -0.3 is 4.90 Å². The molecule has 0 N–H and O–H groups in total. The van der Waals surface area contributed by atoms with Gasteiger partial charge in [0.2, 0.25) is 0 Å². The Morgan fingerprint density at radius 2 is 0.821 bits per heavy atom. The summed E-state index contributed by atoms with van der Waals surface area (Å²) in [4.78, 5) is 7.68. The second-order valence-electron chi connectivity index (χ2n) is 15.2. The molecule has 0 spiro atoms. The highest BCUT2D eigenvalue weighted by Gasteiger charge is 2.35. The highest BCUT2D eigenvalue weighted by molar-refractivity contribution is 5.94. The smallest absolute Gasteiger partial charge is 0.0788 e. The number of benzene rings is 8. The van der Waals surface area contributed by atoms with E-state index in [0.29, 0.717) is 0 Å². The van der Waals surface area contributed by atoms with Crippen LogP contribution in [0.5, 0.6) is 0 Å². The second kappa shape index (κ2) is 13.7. The van der Waals surface area contributed by atoms with E-state index < -0.39 is 0 Å². The van der Waals surface area contributed by atoms with Crippen LogP contribution >= 0.6 is 0 Å². The average molecular weight is 717 g/mol. The average Bonchev–Trinajstić information content (AvgIpc) is 3.50. The predicted octanol–water partition coefficient (Wildman–Crippen LogP) is 14.7. The van der Waals surface area contributed by atoms with Crippen LogP contribution in [0, 0.1) is 0 Å². The van der Waals surface area contributed by atoms with Crippen LogP contribution in [0.15, 0.2) is 206 Å². The summed E-state index contributed by atoms with van der Waals surface area (Å²) in [5.74, 6) is 0. The van der Waals surface area contributed by atoms with Gasteiger partial charge in [-0.05, 0) is 105 Å². The van der Waals surface area contributed by atoms with Gasteiger partial charge in [0.1, 0.15) is 0 Å². The van der Waals surface area contributed by atoms with Gasteiger partial charge >= 0.3 is 0 Å². The number of nitrogens with zero attached hydrogens (tertiary/aromatic N) is 2. The first-order valence-electron chi connectivity index (χ1n) is 19.4. The molecule has 0 amide bonds. The monoisotopic (exact) mass is 716 g/mol. The molecule has 0 saturated heterocycles. The molecule has 0 radical (unpaired) electrons. The summed E-state index contributed by atoms with van der Waals surface area (Å²) in [5.41, 5.74) is 18.7. The maximum atomic E-state index is 5.35. The van der Waals surface area contributed by atoms with Crippen LogP contribution in [0.3, 0.4) is 0 Å². The highest BCUT2D eigenvalue weighted by Crippen LogP contribution is 2.50. The molecule has 0 atom stereocenters. The fourth-order valence-electron chi connectivity index (χ4n) is 8.51. The maximum Gasteiger partial charge on any atom is 0.0788 e. The van der Waals surface area contributed by atoms with Crippen molar-refractivity contribution >= 4 is 28.0 Å². The lowest BCUT2D eigenvalue weighted by atomic mass is 9.81. The fourth-order valence-corrected chi connectivity index (χ4v) is 8.51. The zero-order chi connectivity index (χ0) is 37.6. The van der Waals surface area contributed by atoms with Crippen LogP contribution in [0.1, 0.15) is 25.0 Å². The van der Waals surface area contributed by atoms with Crippen molar-refractivity contribution in [2.75, 3.05) is 4.90 Å². The molecule has 8 aromatic carbocycles. The third-order valence-electron chi connectivity index (χ3n) is 11.5. The van der Waals surface area contributed by atoms with Gasteiger partial charge in [-0.15, -0.1) is 0 Å². The van der Waals surface area contributed by atoms with E-state index in [1.807, 2.05) is 0 Å². The Bertz CT molecular complexity index is 2750. The second-order valence-corrected chi connectivity index (χ2v) is 15.2. The fraction of sp³-hybridized carbons (Fsp3) is 0.0556.